The number of rotatable bonds is 2. The summed E-state index contributed by atoms with van der Waals surface area (Å²) in [5, 5.41) is 4.12. The van der Waals surface area contributed by atoms with Crippen LogP contribution in [0.15, 0.2) is 18.2 Å². The standard InChI is InChI=1S/C11H16ClN3/c1-15-5-4-9(7-15)14-11-3-2-8(12)6-10(11)13/h2-3,6,9,14H,4-5,7,13H2,1H3. The van der Waals surface area contributed by atoms with Crippen LogP contribution in [0, 0.1) is 0 Å². The van der Waals surface area contributed by atoms with Gasteiger partial charge in [0.2, 0.25) is 0 Å². The van der Waals surface area contributed by atoms with Crippen molar-refractivity contribution in [1.29, 1.82) is 0 Å². The van der Waals surface area contributed by atoms with Crippen molar-refractivity contribution in [2.45, 2.75) is 12.5 Å². The minimum absolute atomic E-state index is 0.499. The summed E-state index contributed by atoms with van der Waals surface area (Å²) in [6.07, 6.45) is 1.17. The number of nitrogen functional groups attached to an aromatic ring is 1. The molecule has 0 spiro atoms. The van der Waals surface area contributed by atoms with Crippen LogP contribution in [0.1, 0.15) is 6.42 Å². The third-order valence-corrected chi connectivity index (χ3v) is 3.00. The molecule has 4 heteroatoms. The second-order valence-electron chi connectivity index (χ2n) is 4.12. The fourth-order valence-corrected chi connectivity index (χ4v) is 2.12. The van der Waals surface area contributed by atoms with Crippen LogP contribution >= 0.6 is 11.6 Å². The highest BCUT2D eigenvalue weighted by molar-refractivity contribution is 6.31. The van der Waals surface area contributed by atoms with Gasteiger partial charge in [0.05, 0.1) is 11.4 Å². The fourth-order valence-electron chi connectivity index (χ4n) is 1.94. The molecule has 0 saturated carbocycles. The molecular formula is C11H16ClN3. The van der Waals surface area contributed by atoms with Crippen LogP contribution < -0.4 is 11.1 Å². The summed E-state index contributed by atoms with van der Waals surface area (Å²) in [7, 11) is 2.13. The van der Waals surface area contributed by atoms with Crippen LogP contribution in [0.4, 0.5) is 11.4 Å². The monoisotopic (exact) mass is 225 g/mol. The van der Waals surface area contributed by atoms with Gasteiger partial charge >= 0.3 is 0 Å². The average Bonchev–Trinajstić information content (AvgIpc) is 2.56. The number of hydrogen-bond acceptors (Lipinski definition) is 3. The van der Waals surface area contributed by atoms with E-state index in [1.165, 1.54) is 6.42 Å². The van der Waals surface area contributed by atoms with Gasteiger partial charge in [0, 0.05) is 17.6 Å². The van der Waals surface area contributed by atoms with Crippen LogP contribution in [-0.4, -0.2) is 31.1 Å². The van der Waals surface area contributed by atoms with E-state index in [1.54, 1.807) is 6.07 Å². The SMILES string of the molecule is CN1CCC(Nc2ccc(Cl)cc2N)C1. The Hall–Kier alpha value is -0.930. The molecule has 1 aliphatic rings. The molecule has 0 radical (unpaired) electrons. The highest BCUT2D eigenvalue weighted by Gasteiger charge is 2.19. The van der Waals surface area contributed by atoms with E-state index >= 15 is 0 Å². The van der Waals surface area contributed by atoms with Gasteiger partial charge in [0.25, 0.3) is 0 Å². The van der Waals surface area contributed by atoms with Gasteiger partial charge in [-0.25, -0.2) is 0 Å². The molecule has 1 heterocycles. The van der Waals surface area contributed by atoms with Crippen molar-refractivity contribution in [3.05, 3.63) is 23.2 Å². The van der Waals surface area contributed by atoms with Crippen LogP contribution in [0.5, 0.6) is 0 Å². The number of nitrogens with one attached hydrogen (secondary N) is 1. The molecule has 0 aromatic heterocycles. The van der Waals surface area contributed by atoms with Crippen molar-refractivity contribution in [2.75, 3.05) is 31.2 Å². The lowest BCUT2D eigenvalue weighted by Gasteiger charge is -2.16. The maximum Gasteiger partial charge on any atom is 0.0577 e. The van der Waals surface area contributed by atoms with E-state index in [1.807, 2.05) is 12.1 Å². The molecule has 1 aromatic rings. The van der Waals surface area contributed by atoms with E-state index in [0.717, 1.165) is 24.5 Å². The first kappa shape index (κ1) is 10.6. The highest BCUT2D eigenvalue weighted by atomic mass is 35.5. The summed E-state index contributed by atoms with van der Waals surface area (Å²) in [6, 6.07) is 6.08. The maximum atomic E-state index is 5.87. The number of likely N-dealkylation sites (tertiary alicyclic amines) is 1. The van der Waals surface area contributed by atoms with Gasteiger partial charge < -0.3 is 16.0 Å². The first-order valence-corrected chi connectivity index (χ1v) is 5.53. The molecule has 0 aliphatic carbocycles. The quantitative estimate of drug-likeness (QED) is 0.757. The number of hydrogen-bond donors (Lipinski definition) is 2. The Morgan fingerprint density at radius 3 is 2.93 bits per heavy atom. The van der Waals surface area contributed by atoms with Gasteiger partial charge in [0.1, 0.15) is 0 Å². The van der Waals surface area contributed by atoms with Gasteiger partial charge in [-0.3, -0.25) is 0 Å². The zero-order chi connectivity index (χ0) is 10.8. The maximum absolute atomic E-state index is 5.87. The van der Waals surface area contributed by atoms with Crippen molar-refractivity contribution in [3.8, 4) is 0 Å². The zero-order valence-corrected chi connectivity index (χ0v) is 9.59. The Labute approximate surface area is 95.2 Å². The van der Waals surface area contributed by atoms with Gasteiger partial charge in [-0.2, -0.15) is 0 Å². The number of halogens is 1. The molecular weight excluding hydrogens is 210 g/mol. The fraction of sp³-hybridized carbons (Fsp3) is 0.455. The average molecular weight is 226 g/mol. The highest BCUT2D eigenvalue weighted by Crippen LogP contribution is 2.24. The molecule has 1 saturated heterocycles. The Kier molecular flexibility index (Phi) is 3.03. The molecule has 0 bridgehead atoms. The van der Waals surface area contributed by atoms with Crippen LogP contribution in [0.2, 0.25) is 5.02 Å². The molecule has 1 aliphatic heterocycles. The molecule has 1 atom stereocenters. The number of anilines is 2. The Morgan fingerprint density at radius 1 is 1.53 bits per heavy atom. The molecule has 1 aromatic carbocycles. The predicted octanol–water partition coefficient (Wildman–Crippen LogP) is 2.04. The minimum atomic E-state index is 0.499. The topological polar surface area (TPSA) is 41.3 Å². The van der Waals surface area contributed by atoms with Crippen LogP contribution in [0.25, 0.3) is 0 Å². The Balaban J connectivity index is 2.04. The first-order chi connectivity index (χ1) is 7.15. The van der Waals surface area contributed by atoms with E-state index in [0.29, 0.717) is 11.1 Å². The predicted molar refractivity (Wildman–Crippen MR) is 65.4 cm³/mol. The summed E-state index contributed by atoms with van der Waals surface area (Å²) < 4.78 is 0. The van der Waals surface area contributed by atoms with Crippen LogP contribution in [0.3, 0.4) is 0 Å². The molecule has 1 fully saturated rings. The van der Waals surface area contributed by atoms with E-state index in [4.69, 9.17) is 17.3 Å². The van der Waals surface area contributed by atoms with Crippen molar-refractivity contribution >= 4 is 23.0 Å². The lowest BCUT2D eigenvalue weighted by atomic mass is 10.2. The second-order valence-corrected chi connectivity index (χ2v) is 4.56. The van der Waals surface area contributed by atoms with Crippen molar-refractivity contribution in [1.82, 2.24) is 4.90 Å². The Bertz CT molecular complexity index is 354. The summed E-state index contributed by atoms with van der Waals surface area (Å²) in [6.45, 7) is 2.22. The Morgan fingerprint density at radius 2 is 2.33 bits per heavy atom. The molecule has 82 valence electrons. The summed E-state index contributed by atoms with van der Waals surface area (Å²) in [4.78, 5) is 2.31. The lowest BCUT2D eigenvalue weighted by Crippen LogP contribution is -2.23. The smallest absolute Gasteiger partial charge is 0.0577 e. The minimum Gasteiger partial charge on any atom is -0.397 e. The molecule has 3 N–H and O–H groups in total. The summed E-state index contributed by atoms with van der Waals surface area (Å²) in [5.41, 5.74) is 7.58. The molecule has 3 nitrogen and oxygen atoms in total. The van der Waals surface area contributed by atoms with Crippen molar-refractivity contribution < 1.29 is 0 Å². The molecule has 1 unspecified atom stereocenters. The van der Waals surface area contributed by atoms with Crippen LogP contribution in [-0.2, 0) is 0 Å². The van der Waals surface area contributed by atoms with Crippen molar-refractivity contribution in [3.63, 3.8) is 0 Å². The van der Waals surface area contributed by atoms with Gasteiger partial charge in [-0.05, 0) is 38.2 Å². The largest absolute Gasteiger partial charge is 0.397 e. The number of benzene rings is 1. The normalized spacial score (nSPS) is 21.9. The molecule has 0 amide bonds. The second kappa shape index (κ2) is 4.29. The van der Waals surface area contributed by atoms with E-state index < -0.39 is 0 Å². The summed E-state index contributed by atoms with van der Waals surface area (Å²) >= 11 is 5.84. The number of likely N-dealkylation sites (N-methyl/N-ethyl adjacent to an activating group) is 1. The van der Waals surface area contributed by atoms with Gasteiger partial charge in [-0.15, -0.1) is 0 Å². The van der Waals surface area contributed by atoms with Crippen molar-refractivity contribution in [2.24, 2.45) is 0 Å². The molecule has 15 heavy (non-hydrogen) atoms. The zero-order valence-electron chi connectivity index (χ0n) is 8.83. The van der Waals surface area contributed by atoms with E-state index in [-0.39, 0.29) is 0 Å². The third-order valence-electron chi connectivity index (χ3n) is 2.76. The third kappa shape index (κ3) is 2.55. The summed E-state index contributed by atoms with van der Waals surface area (Å²) in [5.74, 6) is 0. The number of nitrogens with two attached hydrogens (primary N) is 1. The van der Waals surface area contributed by atoms with Gasteiger partial charge in [-0.1, -0.05) is 11.6 Å². The first-order valence-electron chi connectivity index (χ1n) is 5.15. The number of nitrogens with zero attached hydrogens (tertiary/aromatic N) is 1. The van der Waals surface area contributed by atoms with E-state index in [9.17, 15) is 0 Å². The molecule has 2 rings (SSSR count). The lowest BCUT2D eigenvalue weighted by molar-refractivity contribution is 0.414. The van der Waals surface area contributed by atoms with E-state index in [2.05, 4.69) is 17.3 Å². The van der Waals surface area contributed by atoms with Gasteiger partial charge in [0.15, 0.2) is 0 Å².